The number of rotatable bonds is 4. The number of benzene rings is 3. The van der Waals surface area contributed by atoms with Gasteiger partial charge in [0.1, 0.15) is 11.9 Å². The maximum Gasteiger partial charge on any atom is 0.143 e. The van der Waals surface area contributed by atoms with E-state index in [2.05, 4.69) is 9.55 Å². The molecule has 0 saturated carbocycles. The van der Waals surface area contributed by atoms with Gasteiger partial charge in [0.25, 0.3) is 0 Å². The Labute approximate surface area is 151 Å². The molecule has 0 aliphatic heterocycles. The van der Waals surface area contributed by atoms with Gasteiger partial charge in [-0.3, -0.25) is 0 Å². The number of aromatic nitrogens is 2. The van der Waals surface area contributed by atoms with E-state index in [-0.39, 0.29) is 0 Å². The number of fused-ring (bicyclic) bond motifs is 1. The zero-order chi connectivity index (χ0) is 17.2. The normalized spacial score (nSPS) is 12.4. The Morgan fingerprint density at radius 2 is 1.68 bits per heavy atom. The van der Waals surface area contributed by atoms with Crippen LogP contribution in [-0.4, -0.2) is 14.7 Å². The summed E-state index contributed by atoms with van der Waals surface area (Å²) in [4.78, 5) is 4.69. The molecule has 4 aromatic rings. The number of aliphatic hydroxyl groups excluding tert-OH is 1. The van der Waals surface area contributed by atoms with E-state index in [1.165, 1.54) is 0 Å². The highest BCUT2D eigenvalue weighted by Gasteiger charge is 2.19. The number of aliphatic hydroxyl groups is 1. The first-order valence-electron chi connectivity index (χ1n) is 8.15. The second-order valence-corrected chi connectivity index (χ2v) is 6.42. The highest BCUT2D eigenvalue weighted by molar-refractivity contribution is 6.30. The maximum atomic E-state index is 10.9. The van der Waals surface area contributed by atoms with E-state index in [4.69, 9.17) is 11.6 Å². The van der Waals surface area contributed by atoms with Crippen LogP contribution in [0.1, 0.15) is 23.1 Å². The van der Waals surface area contributed by atoms with Gasteiger partial charge in [-0.1, -0.05) is 66.2 Å². The van der Waals surface area contributed by atoms with Crippen molar-refractivity contribution >= 4 is 22.6 Å². The van der Waals surface area contributed by atoms with Crippen molar-refractivity contribution in [1.82, 2.24) is 9.55 Å². The van der Waals surface area contributed by atoms with Crippen LogP contribution in [0.5, 0.6) is 0 Å². The van der Waals surface area contributed by atoms with Gasteiger partial charge in [-0.2, -0.15) is 0 Å². The fourth-order valence-electron chi connectivity index (χ4n) is 3.07. The van der Waals surface area contributed by atoms with Gasteiger partial charge >= 0.3 is 0 Å². The number of halogens is 1. The molecular weight excluding hydrogens is 332 g/mol. The zero-order valence-corrected chi connectivity index (χ0v) is 14.3. The Bertz CT molecular complexity index is 1010. The summed E-state index contributed by atoms with van der Waals surface area (Å²) >= 11 is 6.13. The van der Waals surface area contributed by atoms with E-state index >= 15 is 0 Å². The molecule has 0 spiro atoms. The molecule has 0 aliphatic rings. The van der Waals surface area contributed by atoms with Crippen molar-refractivity contribution in [2.24, 2.45) is 0 Å². The van der Waals surface area contributed by atoms with Gasteiger partial charge in [-0.15, -0.1) is 0 Å². The summed E-state index contributed by atoms with van der Waals surface area (Å²) in [5.41, 5.74) is 3.75. The Morgan fingerprint density at radius 3 is 2.48 bits per heavy atom. The van der Waals surface area contributed by atoms with Crippen molar-refractivity contribution in [3.8, 4) is 0 Å². The van der Waals surface area contributed by atoms with E-state index < -0.39 is 6.10 Å². The standard InChI is InChI=1S/C21H17ClN2O/c22-17-10-6-7-15(13-17)14-24-19-12-5-4-11-18(19)23-21(24)20(25)16-8-2-1-3-9-16/h1-13,20,25H,14H2/t20-/m0/s1. The van der Waals surface area contributed by atoms with Crippen LogP contribution in [0.25, 0.3) is 11.0 Å². The summed E-state index contributed by atoms with van der Waals surface area (Å²) < 4.78 is 2.05. The largest absolute Gasteiger partial charge is 0.380 e. The van der Waals surface area contributed by atoms with Crippen molar-refractivity contribution in [2.45, 2.75) is 12.6 Å². The first-order chi connectivity index (χ1) is 12.2. The Kier molecular flexibility index (Phi) is 4.26. The lowest BCUT2D eigenvalue weighted by molar-refractivity contribution is 0.206. The summed E-state index contributed by atoms with van der Waals surface area (Å²) in [5.74, 6) is 0.632. The molecule has 0 unspecified atom stereocenters. The first kappa shape index (κ1) is 15.9. The molecule has 4 rings (SSSR count). The van der Waals surface area contributed by atoms with Crippen molar-refractivity contribution < 1.29 is 5.11 Å². The molecule has 0 aliphatic carbocycles. The number of hydrogen-bond acceptors (Lipinski definition) is 2. The second-order valence-electron chi connectivity index (χ2n) is 5.99. The van der Waals surface area contributed by atoms with Crippen molar-refractivity contribution in [1.29, 1.82) is 0 Å². The molecule has 0 fully saturated rings. The molecule has 0 radical (unpaired) electrons. The highest BCUT2D eigenvalue weighted by Crippen LogP contribution is 2.27. The van der Waals surface area contributed by atoms with Crippen LogP contribution in [0.2, 0.25) is 5.02 Å². The number of hydrogen-bond donors (Lipinski definition) is 1. The molecule has 3 nitrogen and oxygen atoms in total. The van der Waals surface area contributed by atoms with Crippen LogP contribution >= 0.6 is 11.6 Å². The van der Waals surface area contributed by atoms with Gasteiger partial charge in [0.05, 0.1) is 11.0 Å². The minimum absolute atomic E-state index is 0.598. The van der Waals surface area contributed by atoms with Crippen LogP contribution < -0.4 is 0 Å². The molecule has 4 heteroatoms. The lowest BCUT2D eigenvalue weighted by atomic mass is 10.1. The fraction of sp³-hybridized carbons (Fsp3) is 0.0952. The highest BCUT2D eigenvalue weighted by atomic mass is 35.5. The quantitative estimate of drug-likeness (QED) is 0.574. The van der Waals surface area contributed by atoms with Crippen LogP contribution in [0, 0.1) is 0 Å². The smallest absolute Gasteiger partial charge is 0.143 e. The molecule has 25 heavy (non-hydrogen) atoms. The van der Waals surface area contributed by atoms with Gasteiger partial charge in [0, 0.05) is 11.6 Å². The third-order valence-corrected chi connectivity index (χ3v) is 4.51. The Balaban J connectivity index is 1.83. The third kappa shape index (κ3) is 3.16. The van der Waals surface area contributed by atoms with E-state index in [0.717, 1.165) is 22.2 Å². The first-order valence-corrected chi connectivity index (χ1v) is 8.53. The zero-order valence-electron chi connectivity index (χ0n) is 13.5. The van der Waals surface area contributed by atoms with Gasteiger partial charge in [-0.05, 0) is 35.4 Å². The number of imidazole rings is 1. The third-order valence-electron chi connectivity index (χ3n) is 4.27. The lowest BCUT2D eigenvalue weighted by Gasteiger charge is -2.14. The SMILES string of the molecule is O[C@@H](c1ccccc1)c1nc2ccccc2n1Cc1cccc(Cl)c1. The molecule has 124 valence electrons. The average molecular weight is 349 g/mol. The number of para-hydroxylation sites is 2. The van der Waals surface area contributed by atoms with Gasteiger partial charge in [0.15, 0.2) is 0 Å². The van der Waals surface area contributed by atoms with Crippen LogP contribution in [-0.2, 0) is 6.54 Å². The number of nitrogens with zero attached hydrogens (tertiary/aromatic N) is 2. The maximum absolute atomic E-state index is 10.9. The summed E-state index contributed by atoms with van der Waals surface area (Å²) in [6.07, 6.45) is -0.784. The van der Waals surface area contributed by atoms with E-state index in [9.17, 15) is 5.11 Å². The molecule has 1 heterocycles. The summed E-state index contributed by atoms with van der Waals surface area (Å²) in [6, 6.07) is 25.3. The van der Waals surface area contributed by atoms with E-state index in [0.29, 0.717) is 17.4 Å². The molecule has 1 N–H and O–H groups in total. The van der Waals surface area contributed by atoms with Crippen molar-refractivity contribution in [2.75, 3.05) is 0 Å². The predicted molar refractivity (Wildman–Crippen MR) is 101 cm³/mol. The molecule has 0 amide bonds. The minimum atomic E-state index is -0.784. The molecule has 1 atom stereocenters. The Morgan fingerprint density at radius 1 is 0.920 bits per heavy atom. The molecule has 1 aromatic heterocycles. The van der Waals surface area contributed by atoms with Crippen molar-refractivity contribution in [3.05, 3.63) is 101 Å². The summed E-state index contributed by atoms with van der Waals surface area (Å²) in [6.45, 7) is 0.598. The fourth-order valence-corrected chi connectivity index (χ4v) is 3.28. The van der Waals surface area contributed by atoms with Gasteiger partial charge in [0.2, 0.25) is 0 Å². The molecule has 0 saturated heterocycles. The predicted octanol–water partition coefficient (Wildman–Crippen LogP) is 4.82. The lowest BCUT2D eigenvalue weighted by Crippen LogP contribution is -2.11. The van der Waals surface area contributed by atoms with Crippen LogP contribution in [0.15, 0.2) is 78.9 Å². The minimum Gasteiger partial charge on any atom is -0.380 e. The topological polar surface area (TPSA) is 38.1 Å². The molecule has 3 aromatic carbocycles. The molecule has 0 bridgehead atoms. The van der Waals surface area contributed by atoms with Gasteiger partial charge < -0.3 is 9.67 Å². The summed E-state index contributed by atoms with van der Waals surface area (Å²) in [7, 11) is 0. The van der Waals surface area contributed by atoms with Crippen molar-refractivity contribution in [3.63, 3.8) is 0 Å². The van der Waals surface area contributed by atoms with Crippen LogP contribution in [0.3, 0.4) is 0 Å². The molecular formula is C21H17ClN2O. The van der Waals surface area contributed by atoms with Gasteiger partial charge in [-0.25, -0.2) is 4.98 Å². The second kappa shape index (κ2) is 6.71. The Hall–Kier alpha value is -2.62. The van der Waals surface area contributed by atoms with E-state index in [1.54, 1.807) is 0 Å². The monoisotopic (exact) mass is 348 g/mol. The average Bonchev–Trinajstić information content (AvgIpc) is 3.00. The van der Waals surface area contributed by atoms with E-state index in [1.807, 2.05) is 78.9 Å². The van der Waals surface area contributed by atoms with Crippen LogP contribution in [0.4, 0.5) is 0 Å². The summed E-state index contributed by atoms with van der Waals surface area (Å²) in [5, 5.41) is 11.6.